The van der Waals surface area contributed by atoms with Gasteiger partial charge in [-0.1, -0.05) is 50.5 Å². The number of hydrogen-bond acceptors (Lipinski definition) is 5. The van der Waals surface area contributed by atoms with Crippen LogP contribution in [0.5, 0.6) is 0 Å². The Balaban J connectivity index is 2.30. The van der Waals surface area contributed by atoms with Gasteiger partial charge in [-0.25, -0.2) is 0 Å². The maximum atomic E-state index is 10.4. The maximum Gasteiger partial charge on any atom is 0.303 e. The number of ether oxygens (including phenoxy) is 1. The van der Waals surface area contributed by atoms with Crippen molar-refractivity contribution in [2.45, 2.75) is 95.2 Å². The molecule has 1 aliphatic rings. The van der Waals surface area contributed by atoms with E-state index >= 15 is 0 Å². The second kappa shape index (κ2) is 13.0. The molecule has 1 aliphatic heterocycles. The Bertz CT molecular complexity index is 448. The van der Waals surface area contributed by atoms with Crippen molar-refractivity contribution in [3.8, 4) is 0 Å². The van der Waals surface area contributed by atoms with Gasteiger partial charge in [0.05, 0.1) is 30.5 Å². The number of carbonyl (C=O) groups is 1. The number of carboxylic acid groups (broad SMARTS) is 1. The van der Waals surface area contributed by atoms with Crippen LogP contribution in [-0.4, -0.2) is 56.9 Å². The molecule has 0 spiro atoms. The highest BCUT2D eigenvalue weighted by Gasteiger charge is 2.36. The molecule has 0 radical (unpaired) electrons. The van der Waals surface area contributed by atoms with Gasteiger partial charge < -0.3 is 25.2 Å². The summed E-state index contributed by atoms with van der Waals surface area (Å²) in [5, 5.41) is 38.7. The van der Waals surface area contributed by atoms with Gasteiger partial charge in [0.25, 0.3) is 0 Å². The zero-order valence-corrected chi connectivity index (χ0v) is 15.7. The summed E-state index contributed by atoms with van der Waals surface area (Å²) >= 11 is 0. The van der Waals surface area contributed by atoms with E-state index in [0.29, 0.717) is 32.1 Å². The molecule has 4 N–H and O–H groups in total. The maximum absolute atomic E-state index is 10.4. The van der Waals surface area contributed by atoms with Gasteiger partial charge in [-0.3, -0.25) is 4.79 Å². The number of aliphatic hydroxyl groups excluding tert-OH is 3. The van der Waals surface area contributed by atoms with E-state index in [4.69, 9.17) is 9.84 Å². The fourth-order valence-electron chi connectivity index (χ4n) is 2.98. The van der Waals surface area contributed by atoms with Crippen molar-refractivity contribution in [2.75, 3.05) is 0 Å². The van der Waals surface area contributed by atoms with Crippen LogP contribution in [0.2, 0.25) is 0 Å². The molecule has 0 aromatic heterocycles. The molecule has 1 fully saturated rings. The highest BCUT2D eigenvalue weighted by Crippen LogP contribution is 2.26. The number of carboxylic acids is 1. The summed E-state index contributed by atoms with van der Waals surface area (Å²) in [5.41, 5.74) is 0. The van der Waals surface area contributed by atoms with Crippen LogP contribution < -0.4 is 0 Å². The van der Waals surface area contributed by atoms with Crippen molar-refractivity contribution in [3.05, 3.63) is 24.3 Å². The quantitative estimate of drug-likeness (QED) is 0.293. The molecule has 0 unspecified atom stereocenters. The van der Waals surface area contributed by atoms with Gasteiger partial charge in [-0.15, -0.1) is 0 Å². The van der Waals surface area contributed by atoms with Crippen LogP contribution in [0.25, 0.3) is 0 Å². The lowest BCUT2D eigenvalue weighted by molar-refractivity contribution is -0.137. The summed E-state index contributed by atoms with van der Waals surface area (Å²) in [4.78, 5) is 10.4. The molecule has 0 aromatic carbocycles. The predicted molar refractivity (Wildman–Crippen MR) is 99.8 cm³/mol. The van der Waals surface area contributed by atoms with Gasteiger partial charge >= 0.3 is 5.97 Å². The van der Waals surface area contributed by atoms with Gasteiger partial charge in [0.15, 0.2) is 0 Å². The molecule has 1 saturated heterocycles. The third kappa shape index (κ3) is 9.48. The first-order valence-corrected chi connectivity index (χ1v) is 9.68. The van der Waals surface area contributed by atoms with Gasteiger partial charge in [-0.05, 0) is 25.7 Å². The topological polar surface area (TPSA) is 107 Å². The molecular formula is C20H34O6. The first-order chi connectivity index (χ1) is 12.4. The van der Waals surface area contributed by atoms with E-state index < -0.39 is 30.4 Å². The number of aliphatic carboxylic acids is 1. The molecule has 6 nitrogen and oxygen atoms in total. The smallest absolute Gasteiger partial charge is 0.303 e. The average Bonchev–Trinajstić information content (AvgIpc) is 2.97. The minimum atomic E-state index is -0.852. The van der Waals surface area contributed by atoms with Crippen LogP contribution in [-0.2, 0) is 9.53 Å². The Morgan fingerprint density at radius 1 is 1.19 bits per heavy atom. The van der Waals surface area contributed by atoms with Crippen molar-refractivity contribution >= 4 is 5.97 Å². The molecule has 0 amide bonds. The number of allylic oxidation sites excluding steroid dienone is 1. The largest absolute Gasteiger partial charge is 0.481 e. The summed E-state index contributed by atoms with van der Waals surface area (Å²) < 4.78 is 5.73. The second-order valence-corrected chi connectivity index (χ2v) is 6.95. The molecule has 1 rings (SSSR count). The number of unbranched alkanes of at least 4 members (excludes halogenated alkanes) is 3. The van der Waals surface area contributed by atoms with E-state index in [1.807, 2.05) is 12.2 Å². The highest BCUT2D eigenvalue weighted by atomic mass is 16.5. The molecule has 0 saturated carbocycles. The lowest BCUT2D eigenvalue weighted by atomic mass is 10.0. The molecular weight excluding hydrogens is 336 g/mol. The molecule has 150 valence electrons. The Kier molecular flexibility index (Phi) is 11.4. The number of aliphatic hydroxyl groups is 3. The van der Waals surface area contributed by atoms with E-state index in [-0.39, 0.29) is 12.5 Å². The van der Waals surface area contributed by atoms with E-state index in [2.05, 4.69) is 6.92 Å². The molecule has 0 bridgehead atoms. The van der Waals surface area contributed by atoms with Crippen molar-refractivity contribution < 1.29 is 30.0 Å². The number of rotatable bonds is 13. The molecule has 0 aliphatic carbocycles. The lowest BCUT2D eigenvalue weighted by Gasteiger charge is -2.16. The van der Waals surface area contributed by atoms with Crippen molar-refractivity contribution in [1.82, 2.24) is 0 Å². The van der Waals surface area contributed by atoms with Crippen LogP contribution in [0.3, 0.4) is 0 Å². The second-order valence-electron chi connectivity index (χ2n) is 6.95. The summed E-state index contributed by atoms with van der Waals surface area (Å²) in [6.07, 6.45) is 10.2. The van der Waals surface area contributed by atoms with Crippen LogP contribution in [0.1, 0.15) is 64.7 Å². The third-order valence-electron chi connectivity index (χ3n) is 4.56. The molecule has 0 aromatic rings. The Morgan fingerprint density at radius 2 is 1.96 bits per heavy atom. The summed E-state index contributed by atoms with van der Waals surface area (Å²) in [5.74, 6) is -0.798. The fourth-order valence-corrected chi connectivity index (χ4v) is 2.98. The lowest BCUT2D eigenvalue weighted by Crippen LogP contribution is -2.24. The molecule has 26 heavy (non-hydrogen) atoms. The Hall–Kier alpha value is -1.21. The van der Waals surface area contributed by atoms with Gasteiger partial charge in [0.1, 0.15) is 0 Å². The predicted octanol–water partition coefficient (Wildman–Crippen LogP) is 2.56. The minimum Gasteiger partial charge on any atom is -0.481 e. The molecule has 5 atom stereocenters. The Morgan fingerprint density at radius 3 is 2.65 bits per heavy atom. The van der Waals surface area contributed by atoms with Crippen LogP contribution in [0.15, 0.2) is 24.3 Å². The fraction of sp³-hybridized carbons (Fsp3) is 0.750. The summed E-state index contributed by atoms with van der Waals surface area (Å²) in [6.45, 7) is 2.11. The highest BCUT2D eigenvalue weighted by molar-refractivity contribution is 5.66. The van der Waals surface area contributed by atoms with Gasteiger partial charge in [0.2, 0.25) is 0 Å². The first-order valence-electron chi connectivity index (χ1n) is 9.68. The monoisotopic (exact) mass is 370 g/mol. The van der Waals surface area contributed by atoms with Crippen LogP contribution >= 0.6 is 0 Å². The molecule has 6 heteroatoms. The number of hydrogen-bond donors (Lipinski definition) is 4. The minimum absolute atomic E-state index is 0.151. The van der Waals surface area contributed by atoms with Crippen LogP contribution in [0.4, 0.5) is 0 Å². The third-order valence-corrected chi connectivity index (χ3v) is 4.56. The zero-order chi connectivity index (χ0) is 19.4. The SMILES string of the molecule is CCCCC[C@@H](O)/C=C/[C@H](O)[C@@H]1C[C@@H](O)[C@@H](C/C=C\CCCC(=O)O)O1. The Labute approximate surface area is 156 Å². The van der Waals surface area contributed by atoms with Crippen molar-refractivity contribution in [2.24, 2.45) is 0 Å². The van der Waals surface area contributed by atoms with E-state index in [9.17, 15) is 20.1 Å². The molecule has 1 heterocycles. The van der Waals surface area contributed by atoms with Crippen molar-refractivity contribution in [1.29, 1.82) is 0 Å². The normalized spacial score (nSPS) is 25.9. The summed E-state index contributed by atoms with van der Waals surface area (Å²) in [7, 11) is 0. The standard InChI is InChI=1S/C20H34O6/c1-2-3-6-9-15(21)12-13-16(22)19-14-17(23)18(26-19)10-7-4-5-8-11-20(24)25/h4,7,12-13,15-19,21-23H,2-3,5-6,8-11,14H2,1H3,(H,24,25)/b7-4-,13-12+/t15-,16+,17-,18-,19+/m1/s1. The summed E-state index contributed by atoms with van der Waals surface area (Å²) in [6, 6.07) is 0. The van der Waals surface area contributed by atoms with Crippen LogP contribution in [0, 0.1) is 0 Å². The van der Waals surface area contributed by atoms with E-state index in [1.165, 1.54) is 0 Å². The van der Waals surface area contributed by atoms with Gasteiger partial charge in [0, 0.05) is 12.8 Å². The van der Waals surface area contributed by atoms with Crippen molar-refractivity contribution in [3.63, 3.8) is 0 Å². The van der Waals surface area contributed by atoms with Gasteiger partial charge in [-0.2, -0.15) is 0 Å². The zero-order valence-electron chi connectivity index (χ0n) is 15.7. The van der Waals surface area contributed by atoms with E-state index in [0.717, 1.165) is 19.3 Å². The first kappa shape index (κ1) is 22.8. The van der Waals surface area contributed by atoms with E-state index in [1.54, 1.807) is 12.2 Å². The average molecular weight is 370 g/mol.